The Balaban J connectivity index is 1.64. The Hall–Kier alpha value is -2.54. The fourth-order valence-electron chi connectivity index (χ4n) is 3.13. The van der Waals surface area contributed by atoms with Gasteiger partial charge in [-0.3, -0.25) is 9.69 Å². The summed E-state index contributed by atoms with van der Waals surface area (Å²) >= 11 is 0. The number of benzene rings is 1. The number of aromatic nitrogens is 2. The number of carbonyl (C=O) groups excluding carboxylic acids is 1. The van der Waals surface area contributed by atoms with E-state index >= 15 is 0 Å². The van der Waals surface area contributed by atoms with Crippen LogP contribution >= 0.6 is 0 Å². The lowest BCUT2D eigenvalue weighted by Gasteiger charge is -2.26. The van der Waals surface area contributed by atoms with Crippen molar-refractivity contribution in [2.24, 2.45) is 0 Å². The van der Waals surface area contributed by atoms with E-state index in [1.165, 1.54) is 0 Å². The van der Waals surface area contributed by atoms with Crippen LogP contribution in [0.15, 0.2) is 36.9 Å². The van der Waals surface area contributed by atoms with Crippen molar-refractivity contribution in [3.63, 3.8) is 0 Å². The summed E-state index contributed by atoms with van der Waals surface area (Å²) in [5.74, 6) is 1.64. The fraction of sp³-hybridized carbons (Fsp3) is 0.500. The number of carbonyl (C=O) groups is 1. The minimum absolute atomic E-state index is 0.126. The molecule has 2 heterocycles. The Labute approximate surface area is 160 Å². The van der Waals surface area contributed by atoms with Gasteiger partial charge >= 0.3 is 0 Å². The van der Waals surface area contributed by atoms with Gasteiger partial charge in [0.25, 0.3) is 0 Å². The first-order valence-corrected chi connectivity index (χ1v) is 9.50. The number of nitrogens with zero attached hydrogens (tertiary/aromatic N) is 3. The Kier molecular flexibility index (Phi) is 6.70. The topological polar surface area (TPSA) is 68.6 Å². The van der Waals surface area contributed by atoms with Gasteiger partial charge in [0.05, 0.1) is 19.5 Å². The van der Waals surface area contributed by atoms with Gasteiger partial charge in [0, 0.05) is 44.5 Å². The molecule has 0 radical (unpaired) electrons. The van der Waals surface area contributed by atoms with Gasteiger partial charge in [0.2, 0.25) is 5.91 Å². The standard InChI is InChI=1S/C20H28N4O3/c1-3-26-19-12-17(14-24-8-6-20(25)22-13-16(24)2)4-5-18(19)27-11-10-23-9-7-21-15-23/h4-5,7,9,12,15-16H,3,6,8,10-11,13-14H2,1-2H3,(H,22,25). The second kappa shape index (κ2) is 9.41. The van der Waals surface area contributed by atoms with Gasteiger partial charge in [-0.25, -0.2) is 4.98 Å². The summed E-state index contributed by atoms with van der Waals surface area (Å²) in [4.78, 5) is 18.0. The molecule has 2 aromatic rings. The molecule has 1 saturated heterocycles. The molecular formula is C20H28N4O3. The third-order valence-electron chi connectivity index (χ3n) is 4.70. The van der Waals surface area contributed by atoms with Crippen LogP contribution in [0.3, 0.4) is 0 Å². The molecule has 1 aliphatic heterocycles. The van der Waals surface area contributed by atoms with Crippen molar-refractivity contribution in [3.8, 4) is 11.5 Å². The molecule has 0 bridgehead atoms. The molecule has 1 atom stereocenters. The van der Waals surface area contributed by atoms with Gasteiger partial charge in [0.1, 0.15) is 6.61 Å². The second-order valence-corrected chi connectivity index (χ2v) is 6.74. The number of hydrogen-bond donors (Lipinski definition) is 1. The molecule has 1 amide bonds. The third kappa shape index (κ3) is 5.47. The lowest BCUT2D eigenvalue weighted by molar-refractivity contribution is -0.120. The zero-order valence-corrected chi connectivity index (χ0v) is 16.1. The van der Waals surface area contributed by atoms with Gasteiger partial charge in [0.15, 0.2) is 11.5 Å². The summed E-state index contributed by atoms with van der Waals surface area (Å²) in [7, 11) is 0. The van der Waals surface area contributed by atoms with Crippen LogP contribution in [-0.4, -0.2) is 52.7 Å². The van der Waals surface area contributed by atoms with Gasteiger partial charge in [-0.05, 0) is 31.5 Å². The summed E-state index contributed by atoms with van der Waals surface area (Å²) in [6.07, 6.45) is 5.99. The smallest absolute Gasteiger partial charge is 0.221 e. The van der Waals surface area contributed by atoms with Crippen molar-refractivity contribution >= 4 is 5.91 Å². The van der Waals surface area contributed by atoms with Crippen LogP contribution in [0.4, 0.5) is 0 Å². The van der Waals surface area contributed by atoms with E-state index in [1.54, 1.807) is 12.5 Å². The van der Waals surface area contributed by atoms with Gasteiger partial charge in [-0.1, -0.05) is 6.07 Å². The Morgan fingerprint density at radius 3 is 2.96 bits per heavy atom. The Morgan fingerprint density at radius 2 is 2.19 bits per heavy atom. The van der Waals surface area contributed by atoms with Crippen LogP contribution in [-0.2, 0) is 17.9 Å². The predicted octanol–water partition coefficient (Wildman–Crippen LogP) is 2.07. The molecule has 1 fully saturated rings. The summed E-state index contributed by atoms with van der Waals surface area (Å²) in [6, 6.07) is 6.39. The first kappa shape index (κ1) is 19.2. The van der Waals surface area contributed by atoms with Crippen LogP contribution in [0.2, 0.25) is 0 Å². The first-order valence-electron chi connectivity index (χ1n) is 9.50. The number of ether oxygens (including phenoxy) is 2. The van der Waals surface area contributed by atoms with E-state index in [0.717, 1.165) is 36.7 Å². The SMILES string of the molecule is CCOc1cc(CN2CCC(=O)NCC2C)ccc1OCCn1ccnc1. The molecule has 1 aromatic carbocycles. The lowest BCUT2D eigenvalue weighted by atomic mass is 10.1. The van der Waals surface area contributed by atoms with E-state index < -0.39 is 0 Å². The zero-order valence-electron chi connectivity index (χ0n) is 16.1. The number of amides is 1. The molecule has 0 aliphatic carbocycles. The van der Waals surface area contributed by atoms with Crippen molar-refractivity contribution in [1.82, 2.24) is 19.8 Å². The van der Waals surface area contributed by atoms with Gasteiger partial charge < -0.3 is 19.4 Å². The maximum absolute atomic E-state index is 11.6. The van der Waals surface area contributed by atoms with Crippen molar-refractivity contribution in [1.29, 1.82) is 0 Å². The molecule has 3 rings (SSSR count). The van der Waals surface area contributed by atoms with Crippen LogP contribution in [0.25, 0.3) is 0 Å². The maximum atomic E-state index is 11.6. The van der Waals surface area contributed by atoms with Crippen molar-refractivity contribution in [2.75, 3.05) is 26.3 Å². The zero-order chi connectivity index (χ0) is 19.1. The highest BCUT2D eigenvalue weighted by Crippen LogP contribution is 2.29. The first-order chi connectivity index (χ1) is 13.2. The largest absolute Gasteiger partial charge is 0.490 e. The van der Waals surface area contributed by atoms with E-state index in [2.05, 4.69) is 28.2 Å². The van der Waals surface area contributed by atoms with Crippen molar-refractivity contribution in [2.45, 2.75) is 39.4 Å². The van der Waals surface area contributed by atoms with E-state index in [4.69, 9.17) is 9.47 Å². The molecule has 7 heteroatoms. The minimum atomic E-state index is 0.126. The number of hydrogen-bond acceptors (Lipinski definition) is 5. The molecule has 1 aromatic heterocycles. The highest BCUT2D eigenvalue weighted by atomic mass is 16.5. The molecule has 7 nitrogen and oxygen atoms in total. The third-order valence-corrected chi connectivity index (χ3v) is 4.70. The molecule has 1 unspecified atom stereocenters. The van der Waals surface area contributed by atoms with E-state index in [0.29, 0.717) is 32.2 Å². The predicted molar refractivity (Wildman–Crippen MR) is 103 cm³/mol. The number of nitrogens with one attached hydrogen (secondary N) is 1. The number of rotatable bonds is 8. The molecule has 27 heavy (non-hydrogen) atoms. The second-order valence-electron chi connectivity index (χ2n) is 6.74. The van der Waals surface area contributed by atoms with Crippen LogP contribution in [0.1, 0.15) is 25.8 Å². The summed E-state index contributed by atoms with van der Waals surface area (Å²) in [5.41, 5.74) is 1.15. The lowest BCUT2D eigenvalue weighted by Crippen LogP contribution is -2.37. The van der Waals surface area contributed by atoms with Crippen molar-refractivity contribution < 1.29 is 14.3 Å². The summed E-state index contributed by atoms with van der Waals surface area (Å²) in [5, 5.41) is 2.95. The molecule has 1 aliphatic rings. The van der Waals surface area contributed by atoms with Crippen molar-refractivity contribution in [3.05, 3.63) is 42.5 Å². The quantitative estimate of drug-likeness (QED) is 0.768. The molecular weight excluding hydrogens is 344 g/mol. The minimum Gasteiger partial charge on any atom is -0.490 e. The summed E-state index contributed by atoms with van der Waals surface area (Å²) < 4.78 is 13.7. The van der Waals surface area contributed by atoms with Crippen LogP contribution < -0.4 is 14.8 Å². The monoisotopic (exact) mass is 372 g/mol. The molecule has 146 valence electrons. The Bertz CT molecular complexity index is 733. The van der Waals surface area contributed by atoms with E-state index in [9.17, 15) is 4.79 Å². The molecule has 0 spiro atoms. The van der Waals surface area contributed by atoms with Crippen LogP contribution in [0, 0.1) is 0 Å². The van der Waals surface area contributed by atoms with Gasteiger partial charge in [-0.15, -0.1) is 0 Å². The van der Waals surface area contributed by atoms with E-state index in [1.807, 2.05) is 29.8 Å². The van der Waals surface area contributed by atoms with E-state index in [-0.39, 0.29) is 5.91 Å². The average molecular weight is 372 g/mol. The van der Waals surface area contributed by atoms with Crippen LogP contribution in [0.5, 0.6) is 11.5 Å². The van der Waals surface area contributed by atoms with Gasteiger partial charge in [-0.2, -0.15) is 0 Å². The fourth-order valence-corrected chi connectivity index (χ4v) is 3.13. The number of imidazole rings is 1. The normalized spacial score (nSPS) is 18.0. The summed E-state index contributed by atoms with van der Waals surface area (Å²) in [6.45, 7) is 8.21. The molecule has 0 saturated carbocycles. The molecule has 1 N–H and O–H groups in total. The maximum Gasteiger partial charge on any atom is 0.221 e. The highest BCUT2D eigenvalue weighted by Gasteiger charge is 2.20. The highest BCUT2D eigenvalue weighted by molar-refractivity contribution is 5.76. The average Bonchev–Trinajstić information content (AvgIpc) is 3.13. The Morgan fingerprint density at radius 1 is 1.30 bits per heavy atom.